The van der Waals surface area contributed by atoms with Gasteiger partial charge in [-0.25, -0.2) is 4.98 Å². The Balaban J connectivity index is 1.85. The highest BCUT2D eigenvalue weighted by atomic mass is 16.5. The second-order valence-corrected chi connectivity index (χ2v) is 6.57. The zero-order valence-corrected chi connectivity index (χ0v) is 16.1. The summed E-state index contributed by atoms with van der Waals surface area (Å²) < 4.78 is 5.70. The van der Waals surface area contributed by atoms with Crippen LogP contribution in [0.2, 0.25) is 0 Å². The minimum absolute atomic E-state index is 0.159. The maximum atomic E-state index is 5.70. The van der Waals surface area contributed by atoms with E-state index in [0.717, 1.165) is 41.5 Å². The van der Waals surface area contributed by atoms with E-state index in [1.54, 1.807) is 0 Å². The predicted octanol–water partition coefficient (Wildman–Crippen LogP) is 5.50. The summed E-state index contributed by atoms with van der Waals surface area (Å²) in [5, 5.41) is 6.64. The number of ether oxygens (including phenoxy) is 1. The first-order valence-electron chi connectivity index (χ1n) is 9.36. The zero-order valence-electron chi connectivity index (χ0n) is 16.1. The minimum atomic E-state index is 0.159. The Morgan fingerprint density at radius 1 is 0.963 bits per heavy atom. The molecule has 2 aromatic carbocycles. The molecule has 0 spiro atoms. The number of hydrogen-bond acceptors (Lipinski definition) is 5. The van der Waals surface area contributed by atoms with Gasteiger partial charge in [0.15, 0.2) is 0 Å². The Bertz CT molecular complexity index is 848. The molecule has 0 bridgehead atoms. The third-order valence-corrected chi connectivity index (χ3v) is 3.83. The maximum absolute atomic E-state index is 5.70. The van der Waals surface area contributed by atoms with Crippen molar-refractivity contribution in [3.63, 3.8) is 0 Å². The molecule has 0 aliphatic heterocycles. The van der Waals surface area contributed by atoms with Crippen LogP contribution in [0.25, 0.3) is 11.3 Å². The van der Waals surface area contributed by atoms with E-state index in [1.165, 1.54) is 0 Å². The first-order valence-corrected chi connectivity index (χ1v) is 9.36. The van der Waals surface area contributed by atoms with E-state index in [-0.39, 0.29) is 6.10 Å². The quantitative estimate of drug-likeness (QED) is 0.554. The van der Waals surface area contributed by atoms with Crippen LogP contribution in [-0.4, -0.2) is 22.6 Å². The second-order valence-electron chi connectivity index (χ2n) is 6.57. The fraction of sp³-hybridized carbons (Fsp3) is 0.273. The lowest BCUT2D eigenvalue weighted by Crippen LogP contribution is -2.07. The van der Waals surface area contributed by atoms with Gasteiger partial charge in [0.25, 0.3) is 0 Å². The van der Waals surface area contributed by atoms with Crippen molar-refractivity contribution in [2.45, 2.75) is 33.3 Å². The van der Waals surface area contributed by atoms with Crippen molar-refractivity contribution in [3.8, 4) is 17.0 Å². The zero-order chi connectivity index (χ0) is 19.1. The monoisotopic (exact) mass is 362 g/mol. The highest BCUT2D eigenvalue weighted by Gasteiger charge is 2.07. The van der Waals surface area contributed by atoms with Crippen molar-refractivity contribution in [3.05, 3.63) is 60.7 Å². The number of anilines is 3. The van der Waals surface area contributed by atoms with Crippen LogP contribution in [0, 0.1) is 0 Å². The van der Waals surface area contributed by atoms with E-state index in [2.05, 4.69) is 27.5 Å². The third-order valence-electron chi connectivity index (χ3n) is 3.83. The van der Waals surface area contributed by atoms with Crippen molar-refractivity contribution in [2.24, 2.45) is 0 Å². The predicted molar refractivity (Wildman–Crippen MR) is 112 cm³/mol. The Hall–Kier alpha value is -3.08. The minimum Gasteiger partial charge on any atom is -0.491 e. The van der Waals surface area contributed by atoms with Crippen molar-refractivity contribution >= 4 is 17.5 Å². The summed E-state index contributed by atoms with van der Waals surface area (Å²) in [4.78, 5) is 9.25. The van der Waals surface area contributed by atoms with Gasteiger partial charge in [0.1, 0.15) is 11.6 Å². The van der Waals surface area contributed by atoms with Crippen LogP contribution in [0.1, 0.15) is 27.2 Å². The molecule has 5 nitrogen and oxygen atoms in total. The Morgan fingerprint density at radius 2 is 1.70 bits per heavy atom. The molecular formula is C22H26N4O. The fourth-order valence-electron chi connectivity index (χ4n) is 2.62. The fourth-order valence-corrected chi connectivity index (χ4v) is 2.62. The van der Waals surface area contributed by atoms with Gasteiger partial charge in [0.2, 0.25) is 5.95 Å². The molecule has 0 unspecified atom stereocenters. The largest absolute Gasteiger partial charge is 0.491 e. The Labute approximate surface area is 160 Å². The van der Waals surface area contributed by atoms with E-state index in [4.69, 9.17) is 4.74 Å². The first-order chi connectivity index (χ1) is 13.1. The summed E-state index contributed by atoms with van der Waals surface area (Å²) in [6.45, 7) is 6.99. The van der Waals surface area contributed by atoms with Gasteiger partial charge in [-0.1, -0.05) is 37.3 Å². The van der Waals surface area contributed by atoms with Crippen LogP contribution in [0.5, 0.6) is 5.75 Å². The molecule has 3 aromatic rings. The highest BCUT2D eigenvalue weighted by Crippen LogP contribution is 2.25. The van der Waals surface area contributed by atoms with E-state index in [9.17, 15) is 0 Å². The number of benzene rings is 2. The molecule has 140 valence electrons. The molecule has 3 rings (SSSR count). The summed E-state index contributed by atoms with van der Waals surface area (Å²) in [5.41, 5.74) is 2.89. The molecule has 1 heterocycles. The summed E-state index contributed by atoms with van der Waals surface area (Å²) in [6.07, 6.45) is 1.17. The number of rotatable bonds is 8. The van der Waals surface area contributed by atoms with E-state index < -0.39 is 0 Å². The molecule has 0 saturated heterocycles. The smallest absolute Gasteiger partial charge is 0.225 e. The van der Waals surface area contributed by atoms with Crippen molar-refractivity contribution in [2.75, 3.05) is 17.2 Å². The molecule has 0 aliphatic rings. The van der Waals surface area contributed by atoms with Gasteiger partial charge in [0.05, 0.1) is 11.8 Å². The lowest BCUT2D eigenvalue weighted by atomic mass is 10.1. The average molecular weight is 362 g/mol. The van der Waals surface area contributed by atoms with Crippen molar-refractivity contribution < 1.29 is 4.74 Å². The lowest BCUT2D eigenvalue weighted by Gasteiger charge is -2.13. The van der Waals surface area contributed by atoms with E-state index in [0.29, 0.717) is 5.95 Å². The molecule has 0 aliphatic carbocycles. The van der Waals surface area contributed by atoms with Crippen molar-refractivity contribution in [1.29, 1.82) is 0 Å². The molecule has 0 amide bonds. The lowest BCUT2D eigenvalue weighted by molar-refractivity contribution is 0.242. The average Bonchev–Trinajstić information content (AvgIpc) is 2.68. The van der Waals surface area contributed by atoms with Crippen LogP contribution in [0.3, 0.4) is 0 Å². The third kappa shape index (κ3) is 5.45. The molecule has 1 aromatic heterocycles. The van der Waals surface area contributed by atoms with Gasteiger partial charge in [-0.3, -0.25) is 0 Å². The van der Waals surface area contributed by atoms with E-state index in [1.807, 2.05) is 74.5 Å². The molecule has 2 N–H and O–H groups in total. The number of aromatic nitrogens is 2. The topological polar surface area (TPSA) is 59.1 Å². The van der Waals surface area contributed by atoms with Crippen LogP contribution < -0.4 is 15.4 Å². The van der Waals surface area contributed by atoms with Crippen LogP contribution in [-0.2, 0) is 0 Å². The Morgan fingerprint density at radius 3 is 2.37 bits per heavy atom. The normalized spacial score (nSPS) is 10.7. The second kappa shape index (κ2) is 9.03. The highest BCUT2D eigenvalue weighted by molar-refractivity contribution is 5.67. The molecule has 0 saturated carbocycles. The van der Waals surface area contributed by atoms with Gasteiger partial charge in [-0.05, 0) is 44.5 Å². The van der Waals surface area contributed by atoms with Crippen LogP contribution >= 0.6 is 0 Å². The summed E-state index contributed by atoms with van der Waals surface area (Å²) >= 11 is 0. The van der Waals surface area contributed by atoms with Gasteiger partial charge in [-0.15, -0.1) is 0 Å². The summed E-state index contributed by atoms with van der Waals surface area (Å²) in [6, 6.07) is 20.0. The van der Waals surface area contributed by atoms with E-state index >= 15 is 0 Å². The molecule has 0 atom stereocenters. The van der Waals surface area contributed by atoms with Crippen molar-refractivity contribution in [1.82, 2.24) is 9.97 Å². The standard InChI is InChI=1S/C22H26N4O/c1-4-14-23-22-25-20(17-8-6-5-7-9-17)15-21(26-22)24-18-10-12-19(13-11-18)27-16(2)3/h5-13,15-16H,4,14H2,1-3H3,(H2,23,24,25,26). The molecule has 0 radical (unpaired) electrons. The molecular weight excluding hydrogens is 336 g/mol. The van der Waals surface area contributed by atoms with Gasteiger partial charge < -0.3 is 15.4 Å². The van der Waals surface area contributed by atoms with Crippen LogP contribution in [0.4, 0.5) is 17.5 Å². The number of nitrogens with one attached hydrogen (secondary N) is 2. The molecule has 0 fully saturated rings. The van der Waals surface area contributed by atoms with Crippen LogP contribution in [0.15, 0.2) is 60.7 Å². The van der Waals surface area contributed by atoms with Gasteiger partial charge in [0, 0.05) is 23.9 Å². The SMILES string of the molecule is CCCNc1nc(Nc2ccc(OC(C)C)cc2)cc(-c2ccccc2)n1. The summed E-state index contributed by atoms with van der Waals surface area (Å²) in [5.74, 6) is 2.23. The first kappa shape index (κ1) is 18.7. The number of hydrogen-bond donors (Lipinski definition) is 2. The number of nitrogens with zero attached hydrogens (tertiary/aromatic N) is 2. The van der Waals surface area contributed by atoms with Gasteiger partial charge >= 0.3 is 0 Å². The molecule has 27 heavy (non-hydrogen) atoms. The summed E-state index contributed by atoms with van der Waals surface area (Å²) in [7, 11) is 0. The Kier molecular flexibility index (Phi) is 6.26. The van der Waals surface area contributed by atoms with Gasteiger partial charge in [-0.2, -0.15) is 4.98 Å². The maximum Gasteiger partial charge on any atom is 0.225 e. The molecule has 5 heteroatoms.